The van der Waals surface area contributed by atoms with E-state index in [9.17, 15) is 0 Å². The van der Waals surface area contributed by atoms with Crippen molar-refractivity contribution >= 4 is 27.8 Å². The topological polar surface area (TPSA) is 12.5 Å². The average Bonchev–Trinajstić information content (AvgIpc) is 3.55. The second-order valence-electron chi connectivity index (χ2n) is 16.0. The number of fused-ring (bicyclic) bond motifs is 10. The van der Waals surface area contributed by atoms with Gasteiger partial charge in [-0.3, -0.25) is 0 Å². The van der Waals surface area contributed by atoms with Crippen molar-refractivity contribution in [3.63, 3.8) is 0 Å². The Morgan fingerprint density at radius 3 is 1.48 bits per heavy atom. The summed E-state index contributed by atoms with van der Waals surface area (Å²) in [6.07, 6.45) is 0. The third kappa shape index (κ3) is 5.43. The van der Waals surface area contributed by atoms with Gasteiger partial charge < -0.3 is 9.64 Å². The Kier molecular flexibility index (Phi) is 8.11. The molecular weight excluding hydrogens is 739 g/mol. The lowest BCUT2D eigenvalue weighted by molar-refractivity contribution is 0.488. The number of para-hydroxylation sites is 1. The van der Waals surface area contributed by atoms with Gasteiger partial charge >= 0.3 is 0 Å². The summed E-state index contributed by atoms with van der Waals surface area (Å²) in [5, 5.41) is 2.28. The number of nitrogens with zero attached hydrogens (tertiary/aromatic N) is 1. The monoisotopic (exact) mass is 777 g/mol. The summed E-state index contributed by atoms with van der Waals surface area (Å²) in [4.78, 5) is 2.40. The number of benzene rings is 10. The number of hydrogen-bond donors (Lipinski definition) is 0. The molecule has 0 fully saturated rings. The molecule has 61 heavy (non-hydrogen) atoms. The number of ether oxygens (including phenoxy) is 1. The van der Waals surface area contributed by atoms with Crippen LogP contribution < -0.4 is 9.64 Å². The first kappa shape index (κ1) is 35.0. The van der Waals surface area contributed by atoms with Crippen molar-refractivity contribution in [1.82, 2.24) is 0 Å². The standard InChI is InChI=1S/C59H39NO/c1-3-17-40(18-4-1)41-31-35-44(36-32-41)60(55-39-57-58(52-27-10-8-24-49(52)55)51-26-9-7-21-46(51)50-25-13-16-30-56(50)61-57)45-37-33-43(34-38-45)59(42-19-5-2-6-20-42)53-28-14-11-22-47(53)48-23-12-15-29-54(48)59/h1-39H. The van der Waals surface area contributed by atoms with Crippen LogP contribution in [0.15, 0.2) is 237 Å². The van der Waals surface area contributed by atoms with Crippen molar-refractivity contribution in [1.29, 1.82) is 0 Å². The Morgan fingerprint density at radius 1 is 0.328 bits per heavy atom. The van der Waals surface area contributed by atoms with E-state index in [-0.39, 0.29) is 0 Å². The van der Waals surface area contributed by atoms with Gasteiger partial charge in [-0.25, -0.2) is 0 Å². The van der Waals surface area contributed by atoms with E-state index in [1.807, 2.05) is 0 Å². The first-order valence-corrected chi connectivity index (χ1v) is 21.0. The molecule has 0 saturated carbocycles. The predicted molar refractivity (Wildman–Crippen MR) is 252 cm³/mol. The molecule has 1 aliphatic heterocycles. The van der Waals surface area contributed by atoms with E-state index in [2.05, 4.69) is 241 Å². The van der Waals surface area contributed by atoms with Gasteiger partial charge in [0.2, 0.25) is 0 Å². The molecule has 0 unspecified atom stereocenters. The van der Waals surface area contributed by atoms with Crippen LogP contribution in [0.25, 0.3) is 55.3 Å². The molecule has 0 N–H and O–H groups in total. The van der Waals surface area contributed by atoms with Gasteiger partial charge in [-0.15, -0.1) is 0 Å². The SMILES string of the molecule is c1ccc(-c2ccc(N(c3ccc(C4(c5ccccc5)c5ccccc5-c5ccccc54)cc3)c3cc4c(c5ccccc35)-c3ccccc3-c3ccccc3O4)cc2)cc1. The molecule has 1 heterocycles. The number of anilines is 3. The maximum atomic E-state index is 7.02. The third-order valence-corrected chi connectivity index (χ3v) is 12.8. The summed E-state index contributed by atoms with van der Waals surface area (Å²) in [6, 6.07) is 85.8. The van der Waals surface area contributed by atoms with Gasteiger partial charge in [-0.05, 0) is 91.4 Å². The van der Waals surface area contributed by atoms with Crippen LogP contribution in [-0.2, 0) is 5.41 Å². The molecule has 0 spiro atoms. The number of rotatable bonds is 6. The Hall–Kier alpha value is -7.94. The third-order valence-electron chi connectivity index (χ3n) is 12.8. The van der Waals surface area contributed by atoms with Crippen LogP contribution in [0, 0.1) is 0 Å². The second kappa shape index (κ2) is 14.1. The van der Waals surface area contributed by atoms with Gasteiger partial charge in [0.25, 0.3) is 0 Å². The summed E-state index contributed by atoms with van der Waals surface area (Å²) in [6.45, 7) is 0. The van der Waals surface area contributed by atoms with E-state index in [1.54, 1.807) is 0 Å². The van der Waals surface area contributed by atoms with Gasteiger partial charge in [0.05, 0.1) is 11.1 Å². The molecule has 10 aromatic rings. The highest BCUT2D eigenvalue weighted by atomic mass is 16.5. The van der Waals surface area contributed by atoms with Crippen molar-refractivity contribution in [2.24, 2.45) is 0 Å². The zero-order valence-electron chi connectivity index (χ0n) is 33.4. The van der Waals surface area contributed by atoms with Gasteiger partial charge in [-0.1, -0.05) is 200 Å². The molecule has 2 aliphatic rings. The molecule has 1 aliphatic carbocycles. The molecule has 10 aromatic carbocycles. The molecule has 12 rings (SSSR count). The highest BCUT2D eigenvalue weighted by Gasteiger charge is 2.45. The zero-order chi connectivity index (χ0) is 40.3. The van der Waals surface area contributed by atoms with Crippen LogP contribution >= 0.6 is 0 Å². The first-order valence-electron chi connectivity index (χ1n) is 21.0. The van der Waals surface area contributed by atoms with Gasteiger partial charge in [0, 0.05) is 34.0 Å². The molecule has 0 amide bonds. The highest BCUT2D eigenvalue weighted by Crippen LogP contribution is 2.57. The summed E-state index contributed by atoms with van der Waals surface area (Å²) in [7, 11) is 0. The van der Waals surface area contributed by atoms with Crippen molar-refractivity contribution < 1.29 is 4.74 Å². The van der Waals surface area contributed by atoms with E-state index in [4.69, 9.17) is 4.74 Å². The largest absolute Gasteiger partial charge is 0.456 e. The molecule has 0 radical (unpaired) electrons. The minimum Gasteiger partial charge on any atom is -0.456 e. The Bertz CT molecular complexity index is 3210. The van der Waals surface area contributed by atoms with Crippen LogP contribution in [0.3, 0.4) is 0 Å². The van der Waals surface area contributed by atoms with Gasteiger partial charge in [0.1, 0.15) is 11.5 Å². The zero-order valence-corrected chi connectivity index (χ0v) is 33.4. The summed E-state index contributed by atoms with van der Waals surface area (Å²) in [5.41, 5.74) is 17.2. The average molecular weight is 778 g/mol. The Morgan fingerprint density at radius 2 is 0.803 bits per heavy atom. The van der Waals surface area contributed by atoms with E-state index in [0.29, 0.717) is 0 Å². The van der Waals surface area contributed by atoms with Crippen molar-refractivity contribution in [3.05, 3.63) is 259 Å². The van der Waals surface area contributed by atoms with E-state index in [0.717, 1.165) is 56.0 Å². The van der Waals surface area contributed by atoms with Crippen LogP contribution in [0.1, 0.15) is 22.3 Å². The van der Waals surface area contributed by atoms with Crippen LogP contribution in [0.2, 0.25) is 0 Å². The molecular formula is C59H39NO. The minimum atomic E-state index is -0.486. The van der Waals surface area contributed by atoms with Gasteiger partial charge in [-0.2, -0.15) is 0 Å². The van der Waals surface area contributed by atoms with Crippen LogP contribution in [-0.4, -0.2) is 0 Å². The maximum absolute atomic E-state index is 7.02. The molecule has 0 saturated heterocycles. The lowest BCUT2D eigenvalue weighted by Crippen LogP contribution is -2.28. The fourth-order valence-electron chi connectivity index (χ4n) is 10.1. The predicted octanol–water partition coefficient (Wildman–Crippen LogP) is 15.8. The highest BCUT2D eigenvalue weighted by molar-refractivity contribution is 6.11. The number of hydrogen-bond acceptors (Lipinski definition) is 2. The summed E-state index contributed by atoms with van der Waals surface area (Å²) >= 11 is 0. The van der Waals surface area contributed by atoms with Crippen molar-refractivity contribution in [3.8, 4) is 56.0 Å². The van der Waals surface area contributed by atoms with E-state index >= 15 is 0 Å². The minimum absolute atomic E-state index is 0.486. The van der Waals surface area contributed by atoms with E-state index in [1.165, 1.54) is 50.1 Å². The molecule has 286 valence electrons. The summed E-state index contributed by atoms with van der Waals surface area (Å²) < 4.78 is 7.02. The molecule has 2 heteroatoms. The maximum Gasteiger partial charge on any atom is 0.138 e. The van der Waals surface area contributed by atoms with Crippen molar-refractivity contribution in [2.75, 3.05) is 4.90 Å². The molecule has 0 aromatic heterocycles. The first-order chi connectivity index (χ1) is 30.3. The molecule has 0 atom stereocenters. The quantitative estimate of drug-likeness (QED) is 0.167. The normalized spacial score (nSPS) is 12.9. The van der Waals surface area contributed by atoms with Gasteiger partial charge in [0.15, 0.2) is 0 Å². The smallest absolute Gasteiger partial charge is 0.138 e. The summed E-state index contributed by atoms with van der Waals surface area (Å²) in [5.74, 6) is 1.68. The Balaban J connectivity index is 1.09. The lowest BCUT2D eigenvalue weighted by Gasteiger charge is -2.34. The molecule has 0 bridgehead atoms. The fourth-order valence-corrected chi connectivity index (χ4v) is 10.1. The fraction of sp³-hybridized carbons (Fsp3) is 0.0169. The Labute approximate surface area is 356 Å². The molecule has 2 nitrogen and oxygen atoms in total. The second-order valence-corrected chi connectivity index (χ2v) is 16.0. The van der Waals surface area contributed by atoms with Crippen LogP contribution in [0.4, 0.5) is 17.1 Å². The van der Waals surface area contributed by atoms with Crippen LogP contribution in [0.5, 0.6) is 11.5 Å². The lowest BCUT2D eigenvalue weighted by atomic mass is 9.68. The van der Waals surface area contributed by atoms with Crippen molar-refractivity contribution in [2.45, 2.75) is 5.41 Å². The van der Waals surface area contributed by atoms with E-state index < -0.39 is 5.41 Å².